The van der Waals surface area contributed by atoms with Crippen LogP contribution in [-0.2, 0) is 4.79 Å². The molecule has 0 bridgehead atoms. The average Bonchev–Trinajstić information content (AvgIpc) is 2.46. The highest BCUT2D eigenvalue weighted by Gasteiger charge is 2.16. The number of nitrogens with one attached hydrogen (secondary N) is 2. The molecule has 1 unspecified atom stereocenters. The van der Waals surface area contributed by atoms with Crippen LogP contribution < -0.4 is 10.6 Å². The van der Waals surface area contributed by atoms with Crippen molar-refractivity contribution in [3.63, 3.8) is 0 Å². The second kappa shape index (κ2) is 6.46. The molecule has 0 aliphatic heterocycles. The standard InChI is InChI=1S/C15H12F4N2O/c1-8(20-10-3-5-11(17)13(19)7-10)15(22)21-14-6-9(16)2-4-12(14)18/h2-8,20H,1H3,(H,21,22). The van der Waals surface area contributed by atoms with Crippen molar-refractivity contribution in [2.75, 3.05) is 10.6 Å². The zero-order chi connectivity index (χ0) is 16.3. The minimum absolute atomic E-state index is 0.182. The van der Waals surface area contributed by atoms with Crippen LogP contribution >= 0.6 is 0 Å². The molecule has 0 fully saturated rings. The van der Waals surface area contributed by atoms with Gasteiger partial charge < -0.3 is 10.6 Å². The second-order valence-electron chi connectivity index (χ2n) is 4.61. The van der Waals surface area contributed by atoms with Gasteiger partial charge in [-0.2, -0.15) is 0 Å². The van der Waals surface area contributed by atoms with Crippen LogP contribution in [0.25, 0.3) is 0 Å². The summed E-state index contributed by atoms with van der Waals surface area (Å²) in [4.78, 5) is 11.9. The number of hydrogen-bond donors (Lipinski definition) is 2. The third kappa shape index (κ3) is 3.75. The number of carbonyl (C=O) groups is 1. The van der Waals surface area contributed by atoms with Crippen LogP contribution in [0, 0.1) is 23.3 Å². The third-order valence-electron chi connectivity index (χ3n) is 2.88. The summed E-state index contributed by atoms with van der Waals surface area (Å²) in [5, 5.41) is 4.84. The van der Waals surface area contributed by atoms with E-state index in [0.29, 0.717) is 0 Å². The zero-order valence-corrected chi connectivity index (χ0v) is 11.5. The molecule has 2 rings (SSSR count). The van der Waals surface area contributed by atoms with Gasteiger partial charge >= 0.3 is 0 Å². The van der Waals surface area contributed by atoms with E-state index in [1.54, 1.807) is 0 Å². The number of carbonyl (C=O) groups excluding carboxylic acids is 1. The minimum atomic E-state index is -1.06. The molecule has 1 amide bonds. The van der Waals surface area contributed by atoms with Gasteiger partial charge in [-0.15, -0.1) is 0 Å². The minimum Gasteiger partial charge on any atom is -0.374 e. The van der Waals surface area contributed by atoms with Gasteiger partial charge in [-0.05, 0) is 31.2 Å². The highest BCUT2D eigenvalue weighted by Crippen LogP contribution is 2.17. The Bertz CT molecular complexity index is 706. The molecule has 0 radical (unpaired) electrons. The maximum absolute atomic E-state index is 13.4. The molecule has 22 heavy (non-hydrogen) atoms. The molecule has 0 saturated carbocycles. The predicted molar refractivity (Wildman–Crippen MR) is 74.4 cm³/mol. The molecule has 7 heteroatoms. The molecule has 3 nitrogen and oxygen atoms in total. The predicted octanol–water partition coefficient (Wildman–Crippen LogP) is 3.68. The highest BCUT2D eigenvalue weighted by atomic mass is 19.2. The maximum atomic E-state index is 13.4. The number of amides is 1. The molecule has 0 saturated heterocycles. The normalized spacial score (nSPS) is 11.9. The van der Waals surface area contributed by atoms with Gasteiger partial charge in [0.15, 0.2) is 11.6 Å². The van der Waals surface area contributed by atoms with Crippen molar-refractivity contribution in [2.45, 2.75) is 13.0 Å². The van der Waals surface area contributed by atoms with Crippen LogP contribution in [0.3, 0.4) is 0 Å². The van der Waals surface area contributed by atoms with E-state index < -0.39 is 35.2 Å². The van der Waals surface area contributed by atoms with Crippen molar-refractivity contribution in [1.29, 1.82) is 0 Å². The summed E-state index contributed by atoms with van der Waals surface area (Å²) >= 11 is 0. The van der Waals surface area contributed by atoms with Crippen molar-refractivity contribution in [3.05, 3.63) is 59.7 Å². The van der Waals surface area contributed by atoms with Crippen LogP contribution in [0.1, 0.15) is 6.92 Å². The van der Waals surface area contributed by atoms with Gasteiger partial charge in [-0.1, -0.05) is 0 Å². The lowest BCUT2D eigenvalue weighted by Gasteiger charge is -2.15. The van der Waals surface area contributed by atoms with E-state index in [-0.39, 0.29) is 11.4 Å². The summed E-state index contributed by atoms with van der Waals surface area (Å²) < 4.78 is 52.3. The van der Waals surface area contributed by atoms with Crippen LogP contribution in [0.4, 0.5) is 28.9 Å². The molecular formula is C15H12F4N2O. The molecule has 1 atom stereocenters. The summed E-state index contributed by atoms with van der Waals surface area (Å²) in [6.07, 6.45) is 0. The molecule has 0 spiro atoms. The first kappa shape index (κ1) is 15.8. The number of rotatable bonds is 4. The fourth-order valence-electron chi connectivity index (χ4n) is 1.74. The van der Waals surface area contributed by atoms with E-state index >= 15 is 0 Å². The van der Waals surface area contributed by atoms with Gasteiger partial charge in [0.25, 0.3) is 0 Å². The van der Waals surface area contributed by atoms with E-state index in [9.17, 15) is 22.4 Å². The van der Waals surface area contributed by atoms with Crippen molar-refractivity contribution < 1.29 is 22.4 Å². The molecule has 2 aromatic rings. The summed E-state index contributed by atoms with van der Waals surface area (Å²) in [7, 11) is 0. The zero-order valence-electron chi connectivity index (χ0n) is 11.5. The summed E-state index contributed by atoms with van der Waals surface area (Å²) in [6.45, 7) is 1.44. The summed E-state index contributed by atoms with van der Waals surface area (Å²) in [5.41, 5.74) is -0.120. The Kier molecular flexibility index (Phi) is 4.65. The lowest BCUT2D eigenvalue weighted by atomic mass is 10.2. The number of hydrogen-bond acceptors (Lipinski definition) is 2. The molecule has 2 aromatic carbocycles. The monoisotopic (exact) mass is 312 g/mol. The average molecular weight is 312 g/mol. The quantitative estimate of drug-likeness (QED) is 0.846. The second-order valence-corrected chi connectivity index (χ2v) is 4.61. The third-order valence-corrected chi connectivity index (χ3v) is 2.88. The largest absolute Gasteiger partial charge is 0.374 e. The van der Waals surface area contributed by atoms with E-state index in [0.717, 1.165) is 30.3 Å². The number of anilines is 2. The van der Waals surface area contributed by atoms with Crippen molar-refractivity contribution >= 4 is 17.3 Å². The SMILES string of the molecule is CC(Nc1ccc(F)c(F)c1)C(=O)Nc1cc(F)ccc1F. The Hall–Kier alpha value is -2.57. The maximum Gasteiger partial charge on any atom is 0.246 e. The fraction of sp³-hybridized carbons (Fsp3) is 0.133. The first-order valence-electron chi connectivity index (χ1n) is 6.34. The number of halogens is 4. The van der Waals surface area contributed by atoms with E-state index in [1.807, 2.05) is 0 Å². The highest BCUT2D eigenvalue weighted by molar-refractivity contribution is 5.96. The van der Waals surface area contributed by atoms with Gasteiger partial charge in [0, 0.05) is 17.8 Å². The summed E-state index contributed by atoms with van der Waals surface area (Å²) in [6, 6.07) is 4.83. The van der Waals surface area contributed by atoms with Crippen molar-refractivity contribution in [2.24, 2.45) is 0 Å². The number of benzene rings is 2. The van der Waals surface area contributed by atoms with Gasteiger partial charge in [0.1, 0.15) is 17.7 Å². The van der Waals surface area contributed by atoms with Crippen LogP contribution in [0.2, 0.25) is 0 Å². The van der Waals surface area contributed by atoms with Crippen LogP contribution in [-0.4, -0.2) is 11.9 Å². The molecule has 2 N–H and O–H groups in total. The van der Waals surface area contributed by atoms with Gasteiger partial charge in [-0.3, -0.25) is 4.79 Å². The smallest absolute Gasteiger partial charge is 0.246 e. The van der Waals surface area contributed by atoms with Crippen molar-refractivity contribution in [1.82, 2.24) is 0 Å². The first-order chi connectivity index (χ1) is 10.4. The van der Waals surface area contributed by atoms with Gasteiger partial charge in [0.2, 0.25) is 5.91 Å². The van der Waals surface area contributed by atoms with Crippen molar-refractivity contribution in [3.8, 4) is 0 Å². The molecule has 0 aliphatic rings. The molecule has 116 valence electrons. The Balaban J connectivity index is 2.05. The molecule has 0 aromatic heterocycles. The molecule has 0 aliphatic carbocycles. The van der Waals surface area contributed by atoms with Crippen LogP contribution in [0.15, 0.2) is 36.4 Å². The Morgan fingerprint density at radius 3 is 2.32 bits per heavy atom. The lowest BCUT2D eigenvalue weighted by Crippen LogP contribution is -2.32. The molecular weight excluding hydrogens is 300 g/mol. The Morgan fingerprint density at radius 2 is 1.64 bits per heavy atom. The lowest BCUT2D eigenvalue weighted by molar-refractivity contribution is -0.116. The topological polar surface area (TPSA) is 41.1 Å². The summed E-state index contributed by atoms with van der Waals surface area (Å²) in [5.74, 6) is -4.21. The van der Waals surface area contributed by atoms with E-state index in [4.69, 9.17) is 0 Å². The van der Waals surface area contributed by atoms with E-state index in [1.165, 1.54) is 13.0 Å². The van der Waals surface area contributed by atoms with Gasteiger partial charge in [-0.25, -0.2) is 17.6 Å². The Labute approximate surface area is 124 Å². The van der Waals surface area contributed by atoms with Gasteiger partial charge in [0.05, 0.1) is 5.69 Å². The molecule has 0 heterocycles. The van der Waals surface area contributed by atoms with E-state index in [2.05, 4.69) is 10.6 Å². The van der Waals surface area contributed by atoms with Crippen LogP contribution in [0.5, 0.6) is 0 Å². The first-order valence-corrected chi connectivity index (χ1v) is 6.34. The Morgan fingerprint density at radius 1 is 0.955 bits per heavy atom. The fourth-order valence-corrected chi connectivity index (χ4v) is 1.74.